The molecular weight excluding hydrogens is 333 g/mol. The Bertz CT molecular complexity index is 881. The van der Waals surface area contributed by atoms with Gasteiger partial charge in [0.25, 0.3) is 5.91 Å². The first-order chi connectivity index (χ1) is 11.6. The van der Waals surface area contributed by atoms with Crippen LogP contribution in [0.5, 0.6) is 5.75 Å². The molecule has 0 spiro atoms. The van der Waals surface area contributed by atoms with Crippen LogP contribution in [0.2, 0.25) is 5.02 Å². The van der Waals surface area contributed by atoms with Gasteiger partial charge in [0, 0.05) is 0 Å². The molecule has 2 aromatic carbocycles. The monoisotopic (exact) mass is 345 g/mol. The zero-order valence-corrected chi connectivity index (χ0v) is 13.4. The zero-order chi connectivity index (χ0) is 17.1. The van der Waals surface area contributed by atoms with Gasteiger partial charge >= 0.3 is 0 Å². The number of anilines is 1. The summed E-state index contributed by atoms with van der Waals surface area (Å²) < 4.78 is 19.8. The van der Waals surface area contributed by atoms with Crippen molar-refractivity contribution in [3.63, 3.8) is 0 Å². The number of para-hydroxylation sites is 1. The highest BCUT2D eigenvalue weighted by atomic mass is 35.5. The quantitative estimate of drug-likeness (QED) is 0.779. The molecule has 24 heavy (non-hydrogen) atoms. The van der Waals surface area contributed by atoms with Gasteiger partial charge in [0.15, 0.2) is 11.4 Å². The third-order valence-electron chi connectivity index (χ3n) is 3.32. The number of carbonyl (C=O) groups is 1. The number of aromatic nitrogens is 2. The van der Waals surface area contributed by atoms with Crippen molar-refractivity contribution in [2.75, 3.05) is 12.4 Å². The maximum Gasteiger partial charge on any atom is 0.280 e. The Morgan fingerprint density at radius 2 is 2.00 bits per heavy atom. The summed E-state index contributed by atoms with van der Waals surface area (Å²) in [7, 11) is 1.45. The predicted octanol–water partition coefficient (Wildman–Crippen LogP) is 3.93. The molecule has 1 heterocycles. The van der Waals surface area contributed by atoms with E-state index >= 15 is 0 Å². The number of amides is 1. The van der Waals surface area contributed by atoms with Crippen LogP contribution in [0.1, 0.15) is 10.5 Å². The Morgan fingerprint density at radius 1 is 1.25 bits per heavy atom. The second-order valence-electron chi connectivity index (χ2n) is 4.90. The number of benzene rings is 2. The van der Waals surface area contributed by atoms with E-state index in [0.717, 1.165) is 11.8 Å². The van der Waals surface area contributed by atoms with Gasteiger partial charge in [0.2, 0.25) is 0 Å². The molecule has 0 saturated carbocycles. The minimum absolute atomic E-state index is 0.0988. The van der Waals surface area contributed by atoms with E-state index in [1.807, 2.05) is 30.3 Å². The van der Waals surface area contributed by atoms with Crippen molar-refractivity contribution < 1.29 is 13.9 Å². The van der Waals surface area contributed by atoms with E-state index in [0.29, 0.717) is 11.4 Å². The highest BCUT2D eigenvalue weighted by molar-refractivity contribution is 6.33. The normalized spacial score (nSPS) is 10.5. The Hall–Kier alpha value is -2.86. The molecule has 122 valence electrons. The van der Waals surface area contributed by atoms with Crippen LogP contribution in [0.25, 0.3) is 5.69 Å². The molecule has 3 aromatic rings. The molecule has 0 saturated heterocycles. The van der Waals surface area contributed by atoms with E-state index in [-0.39, 0.29) is 10.7 Å². The minimum atomic E-state index is -0.505. The molecule has 0 fully saturated rings. The second kappa shape index (κ2) is 6.72. The number of hydrogen-bond donors (Lipinski definition) is 1. The lowest BCUT2D eigenvalue weighted by Gasteiger charge is -2.06. The van der Waals surface area contributed by atoms with E-state index in [1.165, 1.54) is 19.2 Å². The van der Waals surface area contributed by atoms with Crippen LogP contribution in [0.3, 0.4) is 0 Å². The molecular formula is C17H13ClFN3O2. The number of rotatable bonds is 4. The summed E-state index contributed by atoms with van der Waals surface area (Å²) in [6.45, 7) is 0. The van der Waals surface area contributed by atoms with Crippen LogP contribution in [-0.4, -0.2) is 22.8 Å². The van der Waals surface area contributed by atoms with E-state index < -0.39 is 11.7 Å². The van der Waals surface area contributed by atoms with Crippen molar-refractivity contribution in [3.8, 4) is 11.4 Å². The standard InChI is InChI=1S/C17H13ClFN3O2/c1-24-15-10-22(12-5-3-2-4-6-12)21-16(15)17(23)20-14-8-7-11(19)9-13(14)18/h2-10H,1H3,(H,20,23). The Labute approximate surface area is 142 Å². The summed E-state index contributed by atoms with van der Waals surface area (Å²) in [5, 5.41) is 6.96. The average Bonchev–Trinajstić information content (AvgIpc) is 3.02. The van der Waals surface area contributed by atoms with Crippen LogP contribution < -0.4 is 10.1 Å². The van der Waals surface area contributed by atoms with E-state index in [9.17, 15) is 9.18 Å². The van der Waals surface area contributed by atoms with Crippen molar-refractivity contribution in [3.05, 3.63) is 71.3 Å². The SMILES string of the molecule is COc1cn(-c2ccccc2)nc1C(=O)Nc1ccc(F)cc1Cl. The molecule has 0 radical (unpaired) electrons. The number of halogens is 2. The molecule has 0 atom stereocenters. The number of nitrogens with zero attached hydrogens (tertiary/aromatic N) is 2. The molecule has 5 nitrogen and oxygen atoms in total. The molecule has 7 heteroatoms. The van der Waals surface area contributed by atoms with E-state index in [4.69, 9.17) is 16.3 Å². The maximum absolute atomic E-state index is 13.1. The average molecular weight is 346 g/mol. The fourth-order valence-electron chi connectivity index (χ4n) is 2.15. The van der Waals surface area contributed by atoms with Crippen LogP contribution >= 0.6 is 11.6 Å². The number of nitrogens with one attached hydrogen (secondary N) is 1. The van der Waals surface area contributed by atoms with Crippen molar-refractivity contribution in [1.29, 1.82) is 0 Å². The second-order valence-corrected chi connectivity index (χ2v) is 5.31. The van der Waals surface area contributed by atoms with E-state index in [1.54, 1.807) is 10.9 Å². The lowest BCUT2D eigenvalue weighted by molar-refractivity contribution is 0.101. The molecule has 1 aromatic heterocycles. The number of hydrogen-bond acceptors (Lipinski definition) is 3. The summed E-state index contributed by atoms with van der Waals surface area (Å²) in [4.78, 5) is 12.5. The van der Waals surface area contributed by atoms with Crippen LogP contribution in [0, 0.1) is 5.82 Å². The third kappa shape index (κ3) is 3.23. The predicted molar refractivity (Wildman–Crippen MR) is 89.5 cm³/mol. The Balaban J connectivity index is 1.90. The van der Waals surface area contributed by atoms with E-state index in [2.05, 4.69) is 10.4 Å². The van der Waals surface area contributed by atoms with Crippen LogP contribution in [0.4, 0.5) is 10.1 Å². The van der Waals surface area contributed by atoms with Gasteiger partial charge < -0.3 is 10.1 Å². The van der Waals surface area contributed by atoms with Gasteiger partial charge in [0.05, 0.1) is 29.7 Å². The smallest absolute Gasteiger partial charge is 0.280 e. The summed E-state index contributed by atoms with van der Waals surface area (Å²) in [6, 6.07) is 13.0. The third-order valence-corrected chi connectivity index (χ3v) is 3.63. The highest BCUT2D eigenvalue weighted by Crippen LogP contribution is 2.25. The van der Waals surface area contributed by atoms with Crippen molar-refractivity contribution >= 4 is 23.2 Å². The van der Waals surface area contributed by atoms with Gasteiger partial charge in [-0.2, -0.15) is 5.10 Å². The van der Waals surface area contributed by atoms with Crippen molar-refractivity contribution in [2.24, 2.45) is 0 Å². The van der Waals surface area contributed by atoms with Gasteiger partial charge in [0.1, 0.15) is 5.82 Å². The lowest BCUT2D eigenvalue weighted by Crippen LogP contribution is -2.14. The first kappa shape index (κ1) is 16.0. The summed E-state index contributed by atoms with van der Waals surface area (Å²) in [6.07, 6.45) is 1.61. The summed E-state index contributed by atoms with van der Waals surface area (Å²) >= 11 is 5.92. The fourth-order valence-corrected chi connectivity index (χ4v) is 2.36. The zero-order valence-electron chi connectivity index (χ0n) is 12.7. The first-order valence-electron chi connectivity index (χ1n) is 7.04. The maximum atomic E-state index is 13.1. The first-order valence-corrected chi connectivity index (χ1v) is 7.42. The lowest BCUT2D eigenvalue weighted by atomic mass is 10.3. The minimum Gasteiger partial charge on any atom is -0.493 e. The number of methoxy groups -OCH3 is 1. The van der Waals surface area contributed by atoms with Crippen molar-refractivity contribution in [1.82, 2.24) is 9.78 Å². The van der Waals surface area contributed by atoms with Gasteiger partial charge in [-0.25, -0.2) is 9.07 Å². The molecule has 0 bridgehead atoms. The Morgan fingerprint density at radius 3 is 2.67 bits per heavy atom. The summed E-state index contributed by atoms with van der Waals surface area (Å²) in [5.74, 6) is -0.673. The van der Waals surface area contributed by atoms with Gasteiger partial charge in [-0.15, -0.1) is 0 Å². The molecule has 0 unspecified atom stereocenters. The molecule has 0 aliphatic heterocycles. The van der Waals surface area contributed by atoms with Gasteiger partial charge in [-0.3, -0.25) is 4.79 Å². The topological polar surface area (TPSA) is 56.2 Å². The van der Waals surface area contributed by atoms with Gasteiger partial charge in [-0.1, -0.05) is 29.8 Å². The van der Waals surface area contributed by atoms with Crippen LogP contribution in [0.15, 0.2) is 54.7 Å². The van der Waals surface area contributed by atoms with Crippen molar-refractivity contribution in [2.45, 2.75) is 0 Å². The molecule has 1 amide bonds. The Kier molecular flexibility index (Phi) is 4.48. The fraction of sp³-hybridized carbons (Fsp3) is 0.0588. The molecule has 0 aliphatic rings. The van der Waals surface area contributed by atoms with Crippen LogP contribution in [-0.2, 0) is 0 Å². The molecule has 3 rings (SSSR count). The van der Waals surface area contributed by atoms with Gasteiger partial charge in [-0.05, 0) is 30.3 Å². The molecule has 0 aliphatic carbocycles. The molecule has 1 N–H and O–H groups in total. The highest BCUT2D eigenvalue weighted by Gasteiger charge is 2.19. The largest absolute Gasteiger partial charge is 0.493 e. The summed E-state index contributed by atoms with van der Waals surface area (Å²) in [5.41, 5.74) is 1.18. The number of carbonyl (C=O) groups excluding carboxylic acids is 1. The number of ether oxygens (including phenoxy) is 1.